The van der Waals surface area contributed by atoms with Gasteiger partial charge in [0.25, 0.3) is 5.24 Å². The minimum atomic E-state index is -0.549. The van der Waals surface area contributed by atoms with Crippen LogP contribution < -0.4 is 0 Å². The molecule has 0 aliphatic rings. The second-order valence-electron chi connectivity index (χ2n) is 2.91. The van der Waals surface area contributed by atoms with Crippen LogP contribution in [0.4, 0.5) is 0 Å². The lowest BCUT2D eigenvalue weighted by Gasteiger charge is -2.01. The molecule has 2 aromatic rings. The molecule has 0 saturated carbocycles. The van der Waals surface area contributed by atoms with Gasteiger partial charge < -0.3 is 0 Å². The standard InChI is InChI=1S/C10H7ClN2O/c1-6-12-8-5-3-2-4-7(8)9(13-6)10(11)14/h2-5H,1H3. The molecular formula is C10H7ClN2O. The number of benzene rings is 1. The van der Waals surface area contributed by atoms with Gasteiger partial charge in [-0.1, -0.05) is 18.2 Å². The van der Waals surface area contributed by atoms with Gasteiger partial charge in [0.1, 0.15) is 11.5 Å². The first-order valence-corrected chi connectivity index (χ1v) is 4.49. The van der Waals surface area contributed by atoms with Gasteiger partial charge >= 0.3 is 0 Å². The molecule has 0 radical (unpaired) electrons. The van der Waals surface area contributed by atoms with Crippen LogP contribution in [0.25, 0.3) is 10.9 Å². The summed E-state index contributed by atoms with van der Waals surface area (Å²) in [5.74, 6) is 0.549. The Morgan fingerprint density at radius 3 is 2.71 bits per heavy atom. The van der Waals surface area contributed by atoms with Gasteiger partial charge in [0.05, 0.1) is 5.52 Å². The fraction of sp³-hybridized carbons (Fsp3) is 0.100. The minimum absolute atomic E-state index is 0.273. The van der Waals surface area contributed by atoms with Crippen LogP contribution in [-0.4, -0.2) is 15.2 Å². The third kappa shape index (κ3) is 1.46. The molecule has 1 aromatic heterocycles. The summed E-state index contributed by atoms with van der Waals surface area (Å²) >= 11 is 5.42. The van der Waals surface area contributed by atoms with Crippen LogP contribution in [0, 0.1) is 6.92 Å². The lowest BCUT2D eigenvalue weighted by molar-refractivity contribution is 0.107. The highest BCUT2D eigenvalue weighted by atomic mass is 35.5. The SMILES string of the molecule is Cc1nc(C(=O)Cl)c2ccccc2n1. The summed E-state index contributed by atoms with van der Waals surface area (Å²) in [6.07, 6.45) is 0. The molecule has 70 valence electrons. The first kappa shape index (κ1) is 9.09. The molecule has 0 aliphatic carbocycles. The Hall–Kier alpha value is -1.48. The van der Waals surface area contributed by atoms with Crippen LogP contribution in [-0.2, 0) is 0 Å². The molecule has 1 heterocycles. The maximum atomic E-state index is 11.1. The zero-order chi connectivity index (χ0) is 10.1. The predicted octanol–water partition coefficient (Wildman–Crippen LogP) is 2.32. The van der Waals surface area contributed by atoms with E-state index in [0.717, 1.165) is 5.52 Å². The summed E-state index contributed by atoms with van der Waals surface area (Å²) in [4.78, 5) is 19.3. The Morgan fingerprint density at radius 2 is 2.00 bits per heavy atom. The van der Waals surface area contributed by atoms with Crippen LogP contribution in [0.2, 0.25) is 0 Å². The van der Waals surface area contributed by atoms with Gasteiger partial charge in [0, 0.05) is 5.39 Å². The molecular weight excluding hydrogens is 200 g/mol. The van der Waals surface area contributed by atoms with E-state index in [4.69, 9.17) is 11.6 Å². The van der Waals surface area contributed by atoms with Crippen molar-refractivity contribution < 1.29 is 4.79 Å². The van der Waals surface area contributed by atoms with E-state index in [1.807, 2.05) is 18.2 Å². The average Bonchev–Trinajstić information content (AvgIpc) is 2.16. The largest absolute Gasteiger partial charge is 0.274 e. The Kier molecular flexibility index (Phi) is 2.17. The zero-order valence-corrected chi connectivity index (χ0v) is 8.25. The summed E-state index contributed by atoms with van der Waals surface area (Å²) in [6.45, 7) is 1.73. The molecule has 0 amide bonds. The van der Waals surface area contributed by atoms with Crippen molar-refractivity contribution in [3.63, 3.8) is 0 Å². The number of aryl methyl sites for hydroxylation is 1. The number of rotatable bonds is 1. The van der Waals surface area contributed by atoms with Gasteiger partial charge in [-0.25, -0.2) is 9.97 Å². The Bertz CT molecular complexity index is 510. The first-order chi connectivity index (χ1) is 6.68. The van der Waals surface area contributed by atoms with E-state index in [9.17, 15) is 4.79 Å². The highest BCUT2D eigenvalue weighted by Gasteiger charge is 2.10. The van der Waals surface area contributed by atoms with Crippen LogP contribution in [0.15, 0.2) is 24.3 Å². The lowest BCUT2D eigenvalue weighted by Crippen LogP contribution is -2.00. The van der Waals surface area contributed by atoms with Crippen molar-refractivity contribution in [1.29, 1.82) is 0 Å². The molecule has 2 rings (SSSR count). The topological polar surface area (TPSA) is 42.9 Å². The molecule has 0 atom stereocenters. The van der Waals surface area contributed by atoms with Crippen molar-refractivity contribution in [3.05, 3.63) is 35.8 Å². The molecule has 4 heteroatoms. The number of para-hydroxylation sites is 1. The molecule has 0 unspecified atom stereocenters. The molecule has 0 fully saturated rings. The predicted molar refractivity (Wildman–Crippen MR) is 54.5 cm³/mol. The van der Waals surface area contributed by atoms with Gasteiger partial charge in [0.15, 0.2) is 0 Å². The van der Waals surface area contributed by atoms with E-state index in [1.54, 1.807) is 13.0 Å². The summed E-state index contributed by atoms with van der Waals surface area (Å²) in [6, 6.07) is 7.29. The molecule has 14 heavy (non-hydrogen) atoms. The Morgan fingerprint density at radius 1 is 1.29 bits per heavy atom. The number of aromatic nitrogens is 2. The average molecular weight is 207 g/mol. The van der Waals surface area contributed by atoms with Crippen molar-refractivity contribution in [1.82, 2.24) is 9.97 Å². The van der Waals surface area contributed by atoms with Gasteiger partial charge in [0.2, 0.25) is 0 Å². The van der Waals surface area contributed by atoms with Crippen molar-refractivity contribution in [2.75, 3.05) is 0 Å². The molecule has 3 nitrogen and oxygen atoms in total. The number of carbonyl (C=O) groups excluding carboxylic acids is 1. The van der Waals surface area contributed by atoms with Crippen molar-refractivity contribution in [2.45, 2.75) is 6.92 Å². The zero-order valence-electron chi connectivity index (χ0n) is 7.49. The van der Waals surface area contributed by atoms with Crippen molar-refractivity contribution >= 4 is 27.7 Å². The van der Waals surface area contributed by atoms with E-state index >= 15 is 0 Å². The molecule has 0 aliphatic heterocycles. The van der Waals surface area contributed by atoms with E-state index < -0.39 is 5.24 Å². The second-order valence-corrected chi connectivity index (χ2v) is 3.25. The van der Waals surface area contributed by atoms with E-state index in [2.05, 4.69) is 9.97 Å². The summed E-state index contributed by atoms with van der Waals surface area (Å²) in [5, 5.41) is 0.143. The van der Waals surface area contributed by atoms with Gasteiger partial charge in [-0.05, 0) is 24.6 Å². The van der Waals surface area contributed by atoms with E-state index in [0.29, 0.717) is 11.2 Å². The normalized spacial score (nSPS) is 10.4. The third-order valence-corrected chi connectivity index (χ3v) is 2.08. The highest BCUT2D eigenvalue weighted by molar-refractivity contribution is 6.68. The number of nitrogens with zero attached hydrogens (tertiary/aromatic N) is 2. The number of fused-ring (bicyclic) bond motifs is 1. The molecule has 0 spiro atoms. The number of hydrogen-bond acceptors (Lipinski definition) is 3. The number of halogens is 1. The van der Waals surface area contributed by atoms with E-state index in [1.165, 1.54) is 0 Å². The van der Waals surface area contributed by atoms with Crippen LogP contribution in [0.5, 0.6) is 0 Å². The first-order valence-electron chi connectivity index (χ1n) is 4.11. The molecule has 1 aromatic carbocycles. The molecule has 0 saturated heterocycles. The molecule has 0 N–H and O–H groups in total. The number of hydrogen-bond donors (Lipinski definition) is 0. The Balaban J connectivity index is 2.87. The highest BCUT2D eigenvalue weighted by Crippen LogP contribution is 2.16. The van der Waals surface area contributed by atoms with Gasteiger partial charge in [-0.2, -0.15) is 0 Å². The third-order valence-electron chi connectivity index (χ3n) is 1.90. The van der Waals surface area contributed by atoms with Gasteiger partial charge in [-0.3, -0.25) is 4.79 Å². The summed E-state index contributed by atoms with van der Waals surface area (Å²) in [7, 11) is 0. The minimum Gasteiger partial charge on any atom is -0.274 e. The fourth-order valence-corrected chi connectivity index (χ4v) is 1.49. The maximum absolute atomic E-state index is 11.1. The number of carbonyl (C=O) groups is 1. The summed E-state index contributed by atoms with van der Waals surface area (Å²) in [5.41, 5.74) is 1.01. The maximum Gasteiger partial charge on any atom is 0.271 e. The monoisotopic (exact) mass is 206 g/mol. The van der Waals surface area contributed by atoms with E-state index in [-0.39, 0.29) is 5.69 Å². The van der Waals surface area contributed by atoms with Crippen LogP contribution in [0.3, 0.4) is 0 Å². The van der Waals surface area contributed by atoms with Crippen molar-refractivity contribution in [3.8, 4) is 0 Å². The quantitative estimate of drug-likeness (QED) is 0.673. The van der Waals surface area contributed by atoms with Crippen LogP contribution in [0.1, 0.15) is 16.3 Å². The van der Waals surface area contributed by atoms with Crippen LogP contribution >= 0.6 is 11.6 Å². The van der Waals surface area contributed by atoms with Crippen molar-refractivity contribution in [2.24, 2.45) is 0 Å². The molecule has 0 bridgehead atoms. The smallest absolute Gasteiger partial charge is 0.271 e. The second kappa shape index (κ2) is 3.35. The fourth-order valence-electron chi connectivity index (χ4n) is 1.34. The Labute approximate surface area is 85.7 Å². The summed E-state index contributed by atoms with van der Waals surface area (Å²) < 4.78 is 0. The lowest BCUT2D eigenvalue weighted by atomic mass is 10.2. The van der Waals surface area contributed by atoms with Gasteiger partial charge in [-0.15, -0.1) is 0 Å².